The number of carbonyl (C=O) groups is 2. The van der Waals surface area contributed by atoms with Gasteiger partial charge in [-0.3, -0.25) is 9.59 Å². The van der Waals surface area contributed by atoms with E-state index in [0.717, 1.165) is 17.9 Å². The minimum atomic E-state index is -0.785. The van der Waals surface area contributed by atoms with Crippen LogP contribution >= 0.6 is 0 Å². The first kappa shape index (κ1) is 22.9. The lowest BCUT2D eigenvalue weighted by atomic mass is 9.90. The molecule has 186 valence electrons. The van der Waals surface area contributed by atoms with E-state index in [4.69, 9.17) is 4.74 Å². The highest BCUT2D eigenvalue weighted by Crippen LogP contribution is 2.46. The van der Waals surface area contributed by atoms with E-state index in [1.54, 1.807) is 43.5 Å². The predicted octanol–water partition coefficient (Wildman–Crippen LogP) is 5.11. The Balaban J connectivity index is 1.35. The molecule has 1 aliphatic heterocycles. The zero-order valence-corrected chi connectivity index (χ0v) is 19.9. The van der Waals surface area contributed by atoms with Crippen LogP contribution in [-0.2, 0) is 4.74 Å². The summed E-state index contributed by atoms with van der Waals surface area (Å²) in [6.07, 6.45) is 5.19. The first-order valence-electron chi connectivity index (χ1n) is 12.5. The number of fused-ring (bicyclic) bond motifs is 2. The van der Waals surface area contributed by atoms with Gasteiger partial charge in [-0.2, -0.15) is 0 Å². The van der Waals surface area contributed by atoms with Crippen LogP contribution in [0.25, 0.3) is 10.9 Å². The van der Waals surface area contributed by atoms with E-state index in [1.807, 2.05) is 4.57 Å². The van der Waals surface area contributed by atoms with Gasteiger partial charge in [-0.05, 0) is 80.7 Å². The van der Waals surface area contributed by atoms with Crippen LogP contribution in [0, 0.1) is 16.9 Å². The first-order chi connectivity index (χ1) is 17.4. The van der Waals surface area contributed by atoms with Gasteiger partial charge in [0.2, 0.25) is 5.43 Å². The molecule has 0 amide bonds. The molecule has 1 aromatic heterocycles. The highest BCUT2D eigenvalue weighted by atomic mass is 19.1. The van der Waals surface area contributed by atoms with Crippen molar-refractivity contribution < 1.29 is 18.7 Å². The molecular weight excluding hydrogens is 463 g/mol. The summed E-state index contributed by atoms with van der Waals surface area (Å²) >= 11 is 0. The summed E-state index contributed by atoms with van der Waals surface area (Å²) in [7, 11) is 0. The molecule has 2 aromatic carbocycles. The number of Topliss-reactive ketones (excluding diaryl/α,β-unsaturated/α-hetero) is 1. The molecule has 0 bridgehead atoms. The highest BCUT2D eigenvalue weighted by Gasteiger charge is 2.42. The normalized spacial score (nSPS) is 23.4. The van der Waals surface area contributed by atoms with Gasteiger partial charge in [0.05, 0.1) is 18.2 Å². The smallest absolute Gasteiger partial charge is 0.343 e. The first-order valence-corrected chi connectivity index (χ1v) is 12.5. The summed E-state index contributed by atoms with van der Waals surface area (Å²) in [5.41, 5.74) is 1.32. The molecule has 0 N–H and O–H groups in total. The minimum Gasteiger partial charge on any atom is -0.758 e. The Kier molecular flexibility index (Phi) is 5.44. The maximum atomic E-state index is 15.5. The number of hydrogen-bond donors (Lipinski definition) is 0. The molecule has 3 atom stereocenters. The number of para-hydroxylation sites is 1. The van der Waals surface area contributed by atoms with Crippen LogP contribution in [0.15, 0.2) is 47.4 Å². The van der Waals surface area contributed by atoms with Gasteiger partial charge in [0.15, 0.2) is 5.78 Å². The van der Waals surface area contributed by atoms with Crippen LogP contribution in [0.4, 0.5) is 10.1 Å². The SMILES string of the molecule is CCOC(=O)c1cn(C2CC2)c2cc(C3CCC(C4C(=O)c5ccccc5N4[O-])C3)c(F)cc2c1=O. The van der Waals surface area contributed by atoms with Crippen molar-refractivity contribution in [2.75, 3.05) is 11.7 Å². The zero-order chi connectivity index (χ0) is 25.1. The number of esters is 1. The number of ketones is 1. The summed E-state index contributed by atoms with van der Waals surface area (Å²) in [6, 6.07) is 9.17. The molecule has 2 fully saturated rings. The summed E-state index contributed by atoms with van der Waals surface area (Å²) in [5, 5.41) is 13.9. The second-order valence-electron chi connectivity index (χ2n) is 10.0. The topological polar surface area (TPSA) is 91.7 Å². The summed E-state index contributed by atoms with van der Waals surface area (Å²) in [6.45, 7) is 1.81. The van der Waals surface area contributed by atoms with Gasteiger partial charge < -0.3 is 19.6 Å². The van der Waals surface area contributed by atoms with E-state index in [1.165, 1.54) is 6.07 Å². The van der Waals surface area contributed by atoms with E-state index >= 15 is 4.39 Å². The summed E-state index contributed by atoms with van der Waals surface area (Å²) < 4.78 is 22.4. The van der Waals surface area contributed by atoms with Crippen LogP contribution in [0.1, 0.15) is 77.3 Å². The van der Waals surface area contributed by atoms with Crippen molar-refractivity contribution in [2.45, 2.75) is 57.0 Å². The molecule has 0 spiro atoms. The molecule has 3 aromatic rings. The number of rotatable bonds is 5. The van der Waals surface area contributed by atoms with E-state index in [2.05, 4.69) is 0 Å². The van der Waals surface area contributed by atoms with Gasteiger partial charge in [0.25, 0.3) is 0 Å². The third-order valence-electron chi connectivity index (χ3n) is 7.87. The Hall–Kier alpha value is -3.52. The molecule has 36 heavy (non-hydrogen) atoms. The zero-order valence-electron chi connectivity index (χ0n) is 19.9. The number of halogens is 1. The molecule has 6 rings (SSSR count). The Morgan fingerprint density at radius 3 is 2.64 bits per heavy atom. The number of aromatic nitrogens is 1. The standard InChI is InChI=1S/C28H26FN2O5/c1-2-36-28(34)21-14-30(17-9-10-17)24-13-19(22(29)12-20(24)26(21)32)15-7-8-16(11-15)25-27(33)18-5-3-4-6-23(18)31(25)35/h3-6,12-17,25H,2,7-11H2,1H3/q-1. The maximum Gasteiger partial charge on any atom is 0.343 e. The number of carbonyl (C=O) groups excluding carboxylic acids is 2. The van der Waals surface area contributed by atoms with Gasteiger partial charge in [-0.1, -0.05) is 12.1 Å². The number of hydroxylamine groups is 1. The maximum absolute atomic E-state index is 15.5. The van der Waals surface area contributed by atoms with Crippen molar-refractivity contribution in [2.24, 2.45) is 5.92 Å². The third-order valence-corrected chi connectivity index (χ3v) is 7.87. The molecule has 2 heterocycles. The molecular formula is C28H26FN2O5-. The van der Waals surface area contributed by atoms with Crippen LogP contribution < -0.4 is 10.5 Å². The average Bonchev–Trinajstić information content (AvgIpc) is 3.55. The number of benzene rings is 2. The van der Waals surface area contributed by atoms with E-state index in [-0.39, 0.29) is 41.2 Å². The summed E-state index contributed by atoms with van der Waals surface area (Å²) in [4.78, 5) is 38.4. The molecule has 3 aliphatic rings. The van der Waals surface area contributed by atoms with Gasteiger partial charge in [0.1, 0.15) is 11.4 Å². The molecule has 7 nitrogen and oxygen atoms in total. The van der Waals surface area contributed by atoms with Gasteiger partial charge in [-0.15, -0.1) is 0 Å². The van der Waals surface area contributed by atoms with E-state index < -0.39 is 23.3 Å². The van der Waals surface area contributed by atoms with Gasteiger partial charge >= 0.3 is 5.97 Å². The molecule has 2 aliphatic carbocycles. The highest BCUT2D eigenvalue weighted by molar-refractivity contribution is 6.11. The molecule has 3 unspecified atom stereocenters. The van der Waals surface area contributed by atoms with Crippen LogP contribution in [0.5, 0.6) is 0 Å². The largest absolute Gasteiger partial charge is 0.758 e. The van der Waals surface area contributed by atoms with E-state index in [0.29, 0.717) is 41.6 Å². The Morgan fingerprint density at radius 2 is 1.92 bits per heavy atom. The number of hydrogen-bond acceptors (Lipinski definition) is 6. The second kappa shape index (κ2) is 8.55. The van der Waals surface area contributed by atoms with Crippen molar-refractivity contribution in [3.63, 3.8) is 0 Å². The Labute approximate surface area is 207 Å². The van der Waals surface area contributed by atoms with Crippen molar-refractivity contribution in [3.8, 4) is 0 Å². The third kappa shape index (κ3) is 3.54. The second-order valence-corrected chi connectivity index (χ2v) is 10.0. The van der Waals surface area contributed by atoms with Crippen molar-refractivity contribution in [1.82, 2.24) is 4.57 Å². The molecule has 0 radical (unpaired) electrons. The fourth-order valence-electron chi connectivity index (χ4n) is 5.99. The average molecular weight is 490 g/mol. The number of anilines is 1. The van der Waals surface area contributed by atoms with Crippen LogP contribution in [0.3, 0.4) is 0 Å². The van der Waals surface area contributed by atoms with Crippen molar-refractivity contribution in [1.29, 1.82) is 0 Å². The van der Waals surface area contributed by atoms with E-state index in [9.17, 15) is 19.6 Å². The number of pyridine rings is 1. The van der Waals surface area contributed by atoms with Crippen LogP contribution in [-0.4, -0.2) is 29.0 Å². The molecule has 0 saturated heterocycles. The minimum absolute atomic E-state index is 0.0841. The lowest BCUT2D eigenvalue weighted by molar-refractivity contribution is 0.0524. The summed E-state index contributed by atoms with van der Waals surface area (Å²) in [5.74, 6) is -1.73. The number of ether oxygens (including phenoxy) is 1. The Bertz CT molecular complexity index is 1460. The lowest BCUT2D eigenvalue weighted by Crippen LogP contribution is -2.37. The molecule has 8 heteroatoms. The van der Waals surface area contributed by atoms with Crippen molar-refractivity contribution in [3.05, 3.63) is 80.5 Å². The number of nitrogens with zero attached hydrogens (tertiary/aromatic N) is 2. The quantitative estimate of drug-likeness (QED) is 0.463. The fourth-order valence-corrected chi connectivity index (χ4v) is 5.99. The van der Waals surface area contributed by atoms with Gasteiger partial charge in [0, 0.05) is 28.9 Å². The van der Waals surface area contributed by atoms with Crippen LogP contribution in [0.2, 0.25) is 0 Å². The Morgan fingerprint density at radius 1 is 1.14 bits per heavy atom. The van der Waals surface area contributed by atoms with Crippen molar-refractivity contribution >= 4 is 28.3 Å². The predicted molar refractivity (Wildman–Crippen MR) is 133 cm³/mol. The lowest BCUT2D eigenvalue weighted by Gasteiger charge is -2.35. The monoisotopic (exact) mass is 489 g/mol. The molecule has 2 saturated carbocycles. The fraction of sp³-hybridized carbons (Fsp3) is 0.393. The van der Waals surface area contributed by atoms with Gasteiger partial charge in [-0.25, -0.2) is 9.18 Å².